The number of aromatic carboxylic acids is 1. The van der Waals surface area contributed by atoms with Gasteiger partial charge in [-0.05, 0) is 43.4 Å². The van der Waals surface area contributed by atoms with Gasteiger partial charge in [-0.2, -0.15) is 23.4 Å². The molecule has 0 aliphatic carbocycles. The van der Waals surface area contributed by atoms with Crippen LogP contribution in [0.5, 0.6) is 5.75 Å². The van der Waals surface area contributed by atoms with Crippen LogP contribution in [-0.4, -0.2) is 41.7 Å². The van der Waals surface area contributed by atoms with Crippen molar-refractivity contribution in [2.45, 2.75) is 13.1 Å². The number of thiocarbonyl (C=S) groups is 1. The number of aryl methyl sites for hydroxylation is 1. The van der Waals surface area contributed by atoms with E-state index in [1.54, 1.807) is 0 Å². The third-order valence-electron chi connectivity index (χ3n) is 4.86. The first kappa shape index (κ1) is 26.1. The molecule has 0 bridgehead atoms. The van der Waals surface area contributed by atoms with E-state index in [2.05, 4.69) is 20.9 Å². The fourth-order valence-corrected chi connectivity index (χ4v) is 3.35. The van der Waals surface area contributed by atoms with Gasteiger partial charge in [-0.15, -0.1) is 0 Å². The predicted octanol–water partition coefficient (Wildman–Crippen LogP) is 4.13. The van der Waals surface area contributed by atoms with Gasteiger partial charge < -0.3 is 15.5 Å². The second-order valence-corrected chi connectivity index (χ2v) is 7.71. The Hall–Kier alpha value is -4.53. The van der Waals surface area contributed by atoms with E-state index < -0.39 is 33.9 Å². The molecule has 0 spiro atoms. The van der Waals surface area contributed by atoms with Gasteiger partial charge in [-0.3, -0.25) is 20.2 Å². The zero-order valence-corrected chi connectivity index (χ0v) is 19.3. The number of anilines is 1. The number of aromatic hydroxyl groups is 1. The molecule has 0 atom stereocenters. The van der Waals surface area contributed by atoms with Gasteiger partial charge in [0.15, 0.2) is 16.6 Å². The van der Waals surface area contributed by atoms with Crippen molar-refractivity contribution < 1.29 is 33.1 Å². The van der Waals surface area contributed by atoms with Crippen LogP contribution in [-0.2, 0) is 13.2 Å². The summed E-state index contributed by atoms with van der Waals surface area (Å²) in [4.78, 5) is 21.4. The molecule has 1 heterocycles. The molecule has 36 heavy (non-hydrogen) atoms. The van der Waals surface area contributed by atoms with Gasteiger partial charge in [-0.25, -0.2) is 4.79 Å². The molecule has 0 aliphatic heterocycles. The lowest BCUT2D eigenvalue weighted by atomic mass is 10.1. The Morgan fingerprint density at radius 1 is 1.22 bits per heavy atom. The molecular weight excluding hydrogens is 505 g/mol. The maximum atomic E-state index is 12.8. The number of hydrogen-bond donors (Lipinski definition) is 4. The van der Waals surface area contributed by atoms with Crippen molar-refractivity contribution >= 4 is 40.4 Å². The van der Waals surface area contributed by atoms with E-state index >= 15 is 0 Å². The molecule has 1 aromatic heterocycles. The standard InChI is InChI=1S/C21H17F3N6O5S/c1-10(26-27-20(36)25-13-7-8-14(19(32)33)15(9-13)30(34)35)16-18(31)17(29(2)28-16)11-3-5-12(6-4-11)21(22,23)24/h3-9,31H,1-2H3,(H,32,33)(H2,25,27,36). The van der Waals surface area contributed by atoms with Crippen LogP contribution in [0.2, 0.25) is 0 Å². The third kappa shape index (κ3) is 5.57. The SMILES string of the molecule is CC(=NNC(=S)Nc1ccc(C(=O)O)c([N+](=O)[O-])c1)c1nn(C)c(-c2ccc(C(F)(F)F)cc2)c1O. The molecular formula is C21H17F3N6O5S. The lowest BCUT2D eigenvalue weighted by Gasteiger charge is -2.08. The van der Waals surface area contributed by atoms with Crippen LogP contribution in [0.15, 0.2) is 47.6 Å². The first-order valence-corrected chi connectivity index (χ1v) is 10.3. The Morgan fingerprint density at radius 3 is 2.42 bits per heavy atom. The van der Waals surface area contributed by atoms with Crippen molar-refractivity contribution in [3.05, 3.63) is 69.4 Å². The first-order valence-electron chi connectivity index (χ1n) is 9.86. The smallest absolute Gasteiger partial charge is 0.416 e. The topological polar surface area (TPSA) is 155 Å². The number of nitro groups is 1. The second-order valence-electron chi connectivity index (χ2n) is 7.30. The van der Waals surface area contributed by atoms with E-state index in [4.69, 9.17) is 17.3 Å². The van der Waals surface area contributed by atoms with Gasteiger partial charge in [0.1, 0.15) is 11.3 Å². The number of benzene rings is 2. The summed E-state index contributed by atoms with van der Waals surface area (Å²) < 4.78 is 39.8. The van der Waals surface area contributed by atoms with Crippen molar-refractivity contribution in [3.8, 4) is 17.0 Å². The Kier molecular flexibility index (Phi) is 7.24. The normalized spacial score (nSPS) is 11.8. The van der Waals surface area contributed by atoms with Crippen LogP contribution < -0.4 is 10.7 Å². The fourth-order valence-electron chi connectivity index (χ4n) is 3.19. The summed E-state index contributed by atoms with van der Waals surface area (Å²) in [6, 6.07) is 7.53. The van der Waals surface area contributed by atoms with Crippen LogP contribution in [0.1, 0.15) is 28.5 Å². The Morgan fingerprint density at radius 2 is 1.86 bits per heavy atom. The molecule has 4 N–H and O–H groups in total. The number of carboxylic acids is 1. The minimum absolute atomic E-state index is 0.0316. The van der Waals surface area contributed by atoms with Gasteiger partial charge >= 0.3 is 12.1 Å². The molecule has 0 fully saturated rings. The zero-order valence-electron chi connectivity index (χ0n) is 18.5. The number of nitrogens with zero attached hydrogens (tertiary/aromatic N) is 4. The van der Waals surface area contributed by atoms with E-state index in [9.17, 15) is 33.2 Å². The molecule has 0 radical (unpaired) electrons. The van der Waals surface area contributed by atoms with E-state index in [-0.39, 0.29) is 33.6 Å². The molecule has 2 aromatic carbocycles. The maximum absolute atomic E-state index is 12.8. The molecule has 0 aliphatic rings. The molecule has 3 rings (SSSR count). The predicted molar refractivity (Wildman–Crippen MR) is 127 cm³/mol. The number of rotatable bonds is 6. The van der Waals surface area contributed by atoms with Gasteiger partial charge in [0.05, 0.1) is 16.2 Å². The average molecular weight is 522 g/mol. The Balaban J connectivity index is 1.77. The third-order valence-corrected chi connectivity index (χ3v) is 5.05. The number of nitro benzene ring substituents is 1. The lowest BCUT2D eigenvalue weighted by Crippen LogP contribution is -2.25. The summed E-state index contributed by atoms with van der Waals surface area (Å²) in [6.45, 7) is 1.49. The number of nitrogens with one attached hydrogen (secondary N) is 2. The molecule has 0 unspecified atom stereocenters. The summed E-state index contributed by atoms with van der Waals surface area (Å²) in [5.41, 5.74) is 1.30. The van der Waals surface area contributed by atoms with Crippen LogP contribution in [0, 0.1) is 10.1 Å². The highest BCUT2D eigenvalue weighted by Gasteiger charge is 2.30. The minimum Gasteiger partial charge on any atom is -0.504 e. The van der Waals surface area contributed by atoms with Crippen molar-refractivity contribution in [1.29, 1.82) is 0 Å². The zero-order chi connectivity index (χ0) is 26.8. The van der Waals surface area contributed by atoms with E-state index in [1.165, 1.54) is 36.9 Å². The molecule has 0 amide bonds. The molecule has 15 heteroatoms. The van der Waals surface area contributed by atoms with E-state index in [1.807, 2.05) is 0 Å². The largest absolute Gasteiger partial charge is 0.504 e. The number of aromatic nitrogens is 2. The van der Waals surface area contributed by atoms with Crippen LogP contribution in [0.3, 0.4) is 0 Å². The summed E-state index contributed by atoms with van der Waals surface area (Å²) in [7, 11) is 1.50. The lowest BCUT2D eigenvalue weighted by molar-refractivity contribution is -0.385. The summed E-state index contributed by atoms with van der Waals surface area (Å²) in [6.07, 6.45) is -4.50. The van der Waals surface area contributed by atoms with Crippen LogP contribution in [0.4, 0.5) is 24.5 Å². The Bertz CT molecular complexity index is 1390. The number of hydrogen-bond acceptors (Lipinski definition) is 7. The van der Waals surface area contributed by atoms with Gasteiger partial charge in [0.25, 0.3) is 5.69 Å². The number of halogens is 3. The molecule has 0 saturated heterocycles. The van der Waals surface area contributed by atoms with E-state index in [0.29, 0.717) is 5.56 Å². The van der Waals surface area contributed by atoms with Crippen molar-refractivity contribution in [2.24, 2.45) is 12.1 Å². The fraction of sp³-hybridized carbons (Fsp3) is 0.143. The van der Waals surface area contributed by atoms with Crippen LogP contribution in [0.25, 0.3) is 11.3 Å². The molecule has 188 valence electrons. The number of alkyl halides is 3. The van der Waals surface area contributed by atoms with Crippen molar-refractivity contribution in [3.63, 3.8) is 0 Å². The number of hydrazone groups is 1. The van der Waals surface area contributed by atoms with Gasteiger partial charge in [-0.1, -0.05) is 12.1 Å². The highest BCUT2D eigenvalue weighted by atomic mass is 32.1. The average Bonchev–Trinajstić information content (AvgIpc) is 3.10. The first-order chi connectivity index (χ1) is 16.8. The highest BCUT2D eigenvalue weighted by Crippen LogP contribution is 2.35. The van der Waals surface area contributed by atoms with Crippen molar-refractivity contribution in [1.82, 2.24) is 15.2 Å². The number of carbonyl (C=O) groups is 1. The summed E-state index contributed by atoms with van der Waals surface area (Å²) in [5.74, 6) is -1.78. The van der Waals surface area contributed by atoms with Gasteiger partial charge in [0.2, 0.25) is 0 Å². The summed E-state index contributed by atoms with van der Waals surface area (Å²) in [5, 5.41) is 41.5. The van der Waals surface area contributed by atoms with Gasteiger partial charge in [0, 0.05) is 24.4 Å². The van der Waals surface area contributed by atoms with Crippen LogP contribution >= 0.6 is 12.2 Å². The Labute approximate surface area is 206 Å². The maximum Gasteiger partial charge on any atom is 0.416 e. The molecule has 0 saturated carbocycles. The van der Waals surface area contributed by atoms with E-state index in [0.717, 1.165) is 24.3 Å². The number of carboxylic acid groups (broad SMARTS) is 1. The minimum atomic E-state index is -4.50. The van der Waals surface area contributed by atoms with Crippen molar-refractivity contribution in [2.75, 3.05) is 5.32 Å². The molecule has 3 aromatic rings. The molecule has 11 nitrogen and oxygen atoms in total. The quantitative estimate of drug-likeness (QED) is 0.162. The summed E-state index contributed by atoms with van der Waals surface area (Å²) >= 11 is 5.08. The highest BCUT2D eigenvalue weighted by molar-refractivity contribution is 7.80. The monoisotopic (exact) mass is 522 g/mol. The second kappa shape index (κ2) is 9.99.